The van der Waals surface area contributed by atoms with Gasteiger partial charge in [-0.05, 0) is 36.4 Å². The molecule has 0 aliphatic rings. The van der Waals surface area contributed by atoms with Crippen molar-refractivity contribution in [2.45, 2.75) is 0 Å². The van der Waals surface area contributed by atoms with E-state index in [0.29, 0.717) is 16.9 Å². The number of nitrogen functional groups attached to an aromatic ring is 1. The van der Waals surface area contributed by atoms with Gasteiger partial charge in [-0.3, -0.25) is 20.8 Å². The summed E-state index contributed by atoms with van der Waals surface area (Å²) in [6.07, 6.45) is 0. The van der Waals surface area contributed by atoms with E-state index in [1.165, 1.54) is 24.3 Å². The molecule has 0 aromatic heterocycles. The standard InChI is InChI=1S/C13H12N4O3/c14-16-11-3-1-9(2-4-11)13(18)15-10-5-7-12(8-6-10)17(19)20/h1-8,16H,14H2,(H,15,18). The molecule has 2 aromatic carbocycles. The van der Waals surface area contributed by atoms with Crippen LogP contribution in [0.3, 0.4) is 0 Å². The van der Waals surface area contributed by atoms with E-state index in [1.54, 1.807) is 24.3 Å². The van der Waals surface area contributed by atoms with Gasteiger partial charge >= 0.3 is 0 Å². The fourth-order valence-electron chi connectivity index (χ4n) is 1.59. The van der Waals surface area contributed by atoms with E-state index in [-0.39, 0.29) is 11.6 Å². The van der Waals surface area contributed by atoms with Crippen LogP contribution in [-0.2, 0) is 0 Å². The number of hydrogen-bond acceptors (Lipinski definition) is 5. The van der Waals surface area contributed by atoms with Gasteiger partial charge in [-0.15, -0.1) is 0 Å². The monoisotopic (exact) mass is 272 g/mol. The summed E-state index contributed by atoms with van der Waals surface area (Å²) < 4.78 is 0. The molecule has 0 atom stereocenters. The van der Waals surface area contributed by atoms with Crippen LogP contribution in [0.2, 0.25) is 0 Å². The highest BCUT2D eigenvalue weighted by Crippen LogP contribution is 2.16. The molecule has 1 amide bonds. The number of benzene rings is 2. The van der Waals surface area contributed by atoms with E-state index in [1.807, 2.05) is 0 Å². The molecule has 4 N–H and O–H groups in total. The third-order valence-electron chi connectivity index (χ3n) is 2.65. The average Bonchev–Trinajstić information content (AvgIpc) is 2.48. The van der Waals surface area contributed by atoms with Crippen molar-refractivity contribution in [2.24, 2.45) is 5.84 Å². The minimum absolute atomic E-state index is 0.0265. The molecule has 0 aliphatic carbocycles. The van der Waals surface area contributed by atoms with Gasteiger partial charge < -0.3 is 10.7 Å². The molecule has 7 heteroatoms. The zero-order valence-corrected chi connectivity index (χ0v) is 10.4. The average molecular weight is 272 g/mol. The van der Waals surface area contributed by atoms with Gasteiger partial charge in [-0.1, -0.05) is 0 Å². The summed E-state index contributed by atoms with van der Waals surface area (Å²) in [6, 6.07) is 12.2. The minimum atomic E-state index is -0.496. The number of hydrogen-bond donors (Lipinski definition) is 3. The molecular weight excluding hydrogens is 260 g/mol. The van der Waals surface area contributed by atoms with Gasteiger partial charge in [0, 0.05) is 29.1 Å². The molecule has 0 spiro atoms. The maximum atomic E-state index is 11.9. The van der Waals surface area contributed by atoms with E-state index in [4.69, 9.17) is 5.84 Å². The number of anilines is 2. The van der Waals surface area contributed by atoms with Crippen molar-refractivity contribution < 1.29 is 9.72 Å². The predicted octanol–water partition coefficient (Wildman–Crippen LogP) is 2.13. The van der Waals surface area contributed by atoms with E-state index in [0.717, 1.165) is 0 Å². The normalized spacial score (nSPS) is 9.85. The highest BCUT2D eigenvalue weighted by atomic mass is 16.6. The predicted molar refractivity (Wildman–Crippen MR) is 75.3 cm³/mol. The van der Waals surface area contributed by atoms with Crippen molar-refractivity contribution in [1.82, 2.24) is 0 Å². The van der Waals surface area contributed by atoms with Crippen LogP contribution in [0.1, 0.15) is 10.4 Å². The third kappa shape index (κ3) is 3.09. The van der Waals surface area contributed by atoms with Crippen molar-refractivity contribution >= 4 is 23.0 Å². The Labute approximate surface area is 114 Å². The first-order valence-electron chi connectivity index (χ1n) is 5.72. The summed E-state index contributed by atoms with van der Waals surface area (Å²) in [5.41, 5.74) is 4.08. The highest BCUT2D eigenvalue weighted by molar-refractivity contribution is 6.04. The summed E-state index contributed by atoms with van der Waals surface area (Å²) in [6.45, 7) is 0. The largest absolute Gasteiger partial charge is 0.324 e. The molecule has 0 heterocycles. The topological polar surface area (TPSA) is 110 Å². The van der Waals surface area contributed by atoms with E-state index >= 15 is 0 Å². The number of hydrazine groups is 1. The number of nitrogens with zero attached hydrogens (tertiary/aromatic N) is 1. The van der Waals surface area contributed by atoms with Crippen molar-refractivity contribution in [3.05, 3.63) is 64.2 Å². The van der Waals surface area contributed by atoms with Gasteiger partial charge in [-0.2, -0.15) is 0 Å². The van der Waals surface area contributed by atoms with Gasteiger partial charge in [0.25, 0.3) is 11.6 Å². The van der Waals surface area contributed by atoms with Crippen molar-refractivity contribution in [3.8, 4) is 0 Å². The smallest absolute Gasteiger partial charge is 0.269 e. The lowest BCUT2D eigenvalue weighted by Crippen LogP contribution is -2.12. The second-order valence-electron chi connectivity index (χ2n) is 3.98. The molecule has 0 saturated carbocycles. The molecule has 0 fully saturated rings. The van der Waals surface area contributed by atoms with Crippen LogP contribution in [-0.4, -0.2) is 10.8 Å². The second kappa shape index (κ2) is 5.81. The van der Waals surface area contributed by atoms with Crippen molar-refractivity contribution in [3.63, 3.8) is 0 Å². The first-order chi connectivity index (χ1) is 9.60. The van der Waals surface area contributed by atoms with Gasteiger partial charge in [0.15, 0.2) is 0 Å². The van der Waals surface area contributed by atoms with Crippen LogP contribution < -0.4 is 16.6 Å². The van der Waals surface area contributed by atoms with Crippen LogP contribution in [0.4, 0.5) is 17.1 Å². The number of nitrogens with one attached hydrogen (secondary N) is 2. The SMILES string of the molecule is NNc1ccc(C(=O)Nc2ccc([N+](=O)[O-])cc2)cc1. The van der Waals surface area contributed by atoms with Gasteiger partial charge in [0.1, 0.15) is 0 Å². The van der Waals surface area contributed by atoms with E-state index in [2.05, 4.69) is 10.7 Å². The Balaban J connectivity index is 2.08. The number of rotatable bonds is 4. The van der Waals surface area contributed by atoms with E-state index < -0.39 is 4.92 Å². The number of nitro groups is 1. The molecule has 7 nitrogen and oxygen atoms in total. The summed E-state index contributed by atoms with van der Waals surface area (Å²) in [5.74, 6) is 4.93. The Morgan fingerprint density at radius 1 is 1.00 bits per heavy atom. The molecular formula is C13H12N4O3. The molecule has 0 saturated heterocycles. The molecule has 0 radical (unpaired) electrons. The Bertz CT molecular complexity index is 623. The minimum Gasteiger partial charge on any atom is -0.324 e. The second-order valence-corrected chi connectivity index (χ2v) is 3.98. The Hall–Kier alpha value is -2.93. The first-order valence-corrected chi connectivity index (χ1v) is 5.72. The summed E-state index contributed by atoms with van der Waals surface area (Å²) in [7, 11) is 0. The lowest BCUT2D eigenvalue weighted by molar-refractivity contribution is -0.384. The Morgan fingerprint density at radius 2 is 1.55 bits per heavy atom. The summed E-state index contributed by atoms with van der Waals surface area (Å²) >= 11 is 0. The first kappa shape index (κ1) is 13.5. The van der Waals surface area contributed by atoms with Crippen LogP contribution in [0.15, 0.2) is 48.5 Å². The molecule has 2 aromatic rings. The van der Waals surface area contributed by atoms with Gasteiger partial charge in [0.05, 0.1) is 4.92 Å². The van der Waals surface area contributed by atoms with Gasteiger partial charge in [-0.25, -0.2) is 0 Å². The molecule has 2 rings (SSSR count). The fraction of sp³-hybridized carbons (Fsp3) is 0. The van der Waals surface area contributed by atoms with Crippen molar-refractivity contribution in [2.75, 3.05) is 10.7 Å². The fourth-order valence-corrected chi connectivity index (χ4v) is 1.59. The third-order valence-corrected chi connectivity index (χ3v) is 2.65. The molecule has 20 heavy (non-hydrogen) atoms. The quantitative estimate of drug-likeness (QED) is 0.448. The number of non-ortho nitro benzene ring substituents is 1. The summed E-state index contributed by atoms with van der Waals surface area (Å²) in [4.78, 5) is 22.0. The maximum absolute atomic E-state index is 11.9. The lowest BCUT2D eigenvalue weighted by atomic mass is 10.2. The highest BCUT2D eigenvalue weighted by Gasteiger charge is 2.08. The number of nitrogens with two attached hydrogens (primary N) is 1. The zero-order chi connectivity index (χ0) is 14.5. The van der Waals surface area contributed by atoms with Crippen LogP contribution in [0, 0.1) is 10.1 Å². The zero-order valence-electron chi connectivity index (χ0n) is 10.4. The van der Waals surface area contributed by atoms with E-state index in [9.17, 15) is 14.9 Å². The molecule has 0 aliphatic heterocycles. The number of amides is 1. The van der Waals surface area contributed by atoms with Crippen LogP contribution >= 0.6 is 0 Å². The molecule has 0 bridgehead atoms. The Kier molecular flexibility index (Phi) is 3.92. The van der Waals surface area contributed by atoms with Gasteiger partial charge in [0.2, 0.25) is 0 Å². The lowest BCUT2D eigenvalue weighted by Gasteiger charge is -2.06. The number of nitro benzene ring substituents is 1. The molecule has 0 unspecified atom stereocenters. The van der Waals surface area contributed by atoms with Crippen LogP contribution in [0.25, 0.3) is 0 Å². The van der Waals surface area contributed by atoms with Crippen molar-refractivity contribution in [1.29, 1.82) is 0 Å². The summed E-state index contributed by atoms with van der Waals surface area (Å²) in [5, 5.41) is 13.2. The number of carbonyl (C=O) groups excluding carboxylic acids is 1. The Morgan fingerprint density at radius 3 is 2.05 bits per heavy atom. The number of carbonyl (C=O) groups is 1. The van der Waals surface area contributed by atoms with Crippen LogP contribution in [0.5, 0.6) is 0 Å². The molecule has 102 valence electrons. The maximum Gasteiger partial charge on any atom is 0.269 e.